The Bertz CT molecular complexity index is 459. The first-order valence-corrected chi connectivity index (χ1v) is 6.93. The average molecular weight is 260 g/mol. The quantitative estimate of drug-likeness (QED) is 0.644. The van der Waals surface area contributed by atoms with Crippen molar-refractivity contribution in [3.8, 4) is 0 Å². The van der Waals surface area contributed by atoms with Crippen molar-refractivity contribution >= 4 is 11.5 Å². The van der Waals surface area contributed by atoms with E-state index >= 15 is 0 Å². The summed E-state index contributed by atoms with van der Waals surface area (Å²) in [5.41, 5.74) is 8.82. The molecule has 0 amide bonds. The molecule has 0 bridgehead atoms. The lowest BCUT2D eigenvalue weighted by molar-refractivity contribution is 0.209. The molecular weight excluding hydrogens is 236 g/mol. The number of hydrogen-bond acceptors (Lipinski definition) is 3. The van der Waals surface area contributed by atoms with E-state index in [9.17, 15) is 0 Å². The van der Waals surface area contributed by atoms with Gasteiger partial charge in [0.15, 0.2) is 0 Å². The minimum absolute atomic E-state index is 0.157. The van der Waals surface area contributed by atoms with E-state index in [0.29, 0.717) is 6.04 Å². The van der Waals surface area contributed by atoms with E-state index in [-0.39, 0.29) is 5.84 Å². The van der Waals surface area contributed by atoms with Gasteiger partial charge in [-0.25, -0.2) is 0 Å². The van der Waals surface area contributed by atoms with Gasteiger partial charge in [0.2, 0.25) is 0 Å². The molecular formula is C15H24N4. The lowest BCUT2D eigenvalue weighted by atomic mass is 10.1. The number of nitrogen functional groups attached to an aromatic ring is 1. The first-order chi connectivity index (χ1) is 8.99. The molecule has 4 heteroatoms. The highest BCUT2D eigenvalue weighted by Crippen LogP contribution is 2.23. The van der Waals surface area contributed by atoms with Crippen molar-refractivity contribution in [2.24, 2.45) is 5.73 Å². The Morgan fingerprint density at radius 1 is 1.21 bits per heavy atom. The fourth-order valence-electron chi connectivity index (χ4n) is 2.62. The number of benzene rings is 1. The molecule has 0 radical (unpaired) electrons. The zero-order chi connectivity index (χ0) is 14.0. The van der Waals surface area contributed by atoms with Crippen molar-refractivity contribution in [2.45, 2.75) is 26.8 Å². The van der Waals surface area contributed by atoms with Crippen LogP contribution >= 0.6 is 0 Å². The zero-order valence-electron chi connectivity index (χ0n) is 12.1. The zero-order valence-corrected chi connectivity index (χ0v) is 12.1. The van der Waals surface area contributed by atoms with E-state index in [4.69, 9.17) is 11.1 Å². The van der Waals surface area contributed by atoms with E-state index in [1.807, 2.05) is 13.0 Å². The summed E-state index contributed by atoms with van der Waals surface area (Å²) >= 11 is 0. The molecule has 3 N–H and O–H groups in total. The number of nitrogens with zero attached hydrogens (tertiary/aromatic N) is 2. The molecule has 0 saturated carbocycles. The molecule has 1 aliphatic heterocycles. The highest BCUT2D eigenvalue weighted by molar-refractivity contribution is 6.00. The van der Waals surface area contributed by atoms with Crippen LogP contribution in [0, 0.1) is 12.3 Å². The monoisotopic (exact) mass is 260 g/mol. The summed E-state index contributed by atoms with van der Waals surface area (Å²) in [4.78, 5) is 4.83. The van der Waals surface area contributed by atoms with Crippen molar-refractivity contribution in [1.29, 1.82) is 5.41 Å². The second-order valence-corrected chi connectivity index (χ2v) is 5.55. The molecule has 1 aromatic rings. The molecule has 4 nitrogen and oxygen atoms in total. The van der Waals surface area contributed by atoms with Crippen molar-refractivity contribution in [3.05, 3.63) is 29.3 Å². The van der Waals surface area contributed by atoms with E-state index < -0.39 is 0 Å². The van der Waals surface area contributed by atoms with Gasteiger partial charge in [0.25, 0.3) is 0 Å². The number of aryl methyl sites for hydroxylation is 1. The molecule has 104 valence electrons. The summed E-state index contributed by atoms with van der Waals surface area (Å²) in [6, 6.07) is 6.80. The van der Waals surface area contributed by atoms with E-state index in [0.717, 1.165) is 43.0 Å². The van der Waals surface area contributed by atoms with Gasteiger partial charge in [-0.05, 0) is 32.9 Å². The standard InChI is InChI=1S/C15H24N4/c1-11(2)18-6-8-19(9-7-18)14-5-4-12(3)10-13(14)15(16)17/h4-5,10-11H,6-9H2,1-3H3,(H3,16,17). The molecule has 19 heavy (non-hydrogen) atoms. The van der Waals surface area contributed by atoms with E-state index in [1.54, 1.807) is 0 Å². The minimum Gasteiger partial charge on any atom is -0.384 e. The van der Waals surface area contributed by atoms with Crippen LogP contribution in [0.1, 0.15) is 25.0 Å². The Morgan fingerprint density at radius 3 is 2.37 bits per heavy atom. The van der Waals surface area contributed by atoms with Crippen LogP contribution in [-0.2, 0) is 0 Å². The molecule has 1 aromatic carbocycles. The van der Waals surface area contributed by atoms with Gasteiger partial charge in [-0.2, -0.15) is 0 Å². The second kappa shape index (κ2) is 5.61. The number of nitrogens with two attached hydrogens (primary N) is 1. The molecule has 0 aliphatic carbocycles. The van der Waals surface area contributed by atoms with Gasteiger partial charge in [-0.1, -0.05) is 11.6 Å². The van der Waals surface area contributed by atoms with Crippen molar-refractivity contribution in [3.63, 3.8) is 0 Å². The first kappa shape index (κ1) is 13.9. The smallest absolute Gasteiger partial charge is 0.124 e. The van der Waals surface area contributed by atoms with Gasteiger partial charge in [-0.3, -0.25) is 10.3 Å². The predicted octanol–water partition coefficient (Wildman–Crippen LogP) is 1.81. The number of nitrogens with one attached hydrogen (secondary N) is 1. The summed E-state index contributed by atoms with van der Waals surface area (Å²) in [6.45, 7) is 10.7. The van der Waals surface area contributed by atoms with Crippen LogP contribution in [0.5, 0.6) is 0 Å². The lowest BCUT2D eigenvalue weighted by Crippen LogP contribution is -2.49. The molecule has 1 fully saturated rings. The third-order valence-corrected chi connectivity index (χ3v) is 3.83. The van der Waals surface area contributed by atoms with Crippen LogP contribution in [0.2, 0.25) is 0 Å². The summed E-state index contributed by atoms with van der Waals surface area (Å²) in [5, 5.41) is 7.74. The average Bonchev–Trinajstić information content (AvgIpc) is 2.38. The Labute approximate surface area is 115 Å². The Morgan fingerprint density at radius 2 is 1.84 bits per heavy atom. The minimum atomic E-state index is 0.157. The van der Waals surface area contributed by atoms with Gasteiger partial charge in [-0.15, -0.1) is 0 Å². The maximum atomic E-state index is 7.74. The summed E-state index contributed by atoms with van der Waals surface area (Å²) in [6.07, 6.45) is 0. The fourth-order valence-corrected chi connectivity index (χ4v) is 2.62. The molecule has 2 rings (SSSR count). The first-order valence-electron chi connectivity index (χ1n) is 6.93. The van der Waals surface area contributed by atoms with Crippen LogP contribution in [0.4, 0.5) is 5.69 Å². The fraction of sp³-hybridized carbons (Fsp3) is 0.533. The van der Waals surface area contributed by atoms with Gasteiger partial charge >= 0.3 is 0 Å². The molecule has 0 aromatic heterocycles. The number of amidine groups is 1. The van der Waals surface area contributed by atoms with Crippen LogP contribution in [0.3, 0.4) is 0 Å². The third-order valence-electron chi connectivity index (χ3n) is 3.83. The summed E-state index contributed by atoms with van der Waals surface area (Å²) in [5.74, 6) is 0.157. The lowest BCUT2D eigenvalue weighted by Gasteiger charge is -2.38. The molecule has 1 heterocycles. The van der Waals surface area contributed by atoms with Gasteiger partial charge in [0.05, 0.1) is 0 Å². The number of anilines is 1. The molecule has 0 unspecified atom stereocenters. The molecule has 1 aliphatic rings. The molecule has 0 atom stereocenters. The van der Waals surface area contributed by atoms with Crippen LogP contribution < -0.4 is 10.6 Å². The van der Waals surface area contributed by atoms with Gasteiger partial charge in [0.1, 0.15) is 5.84 Å². The van der Waals surface area contributed by atoms with Crippen LogP contribution in [-0.4, -0.2) is 43.0 Å². The van der Waals surface area contributed by atoms with Gasteiger partial charge in [0, 0.05) is 43.5 Å². The summed E-state index contributed by atoms with van der Waals surface area (Å²) < 4.78 is 0. The van der Waals surface area contributed by atoms with Crippen molar-refractivity contribution in [2.75, 3.05) is 31.1 Å². The van der Waals surface area contributed by atoms with Crippen molar-refractivity contribution in [1.82, 2.24) is 4.90 Å². The normalized spacial score (nSPS) is 16.9. The van der Waals surface area contributed by atoms with E-state index in [1.165, 1.54) is 0 Å². The second-order valence-electron chi connectivity index (χ2n) is 5.55. The van der Waals surface area contributed by atoms with Crippen LogP contribution in [0.25, 0.3) is 0 Å². The largest absolute Gasteiger partial charge is 0.384 e. The van der Waals surface area contributed by atoms with E-state index in [2.05, 4.69) is 35.8 Å². The SMILES string of the molecule is Cc1ccc(N2CCN(C(C)C)CC2)c(C(=N)N)c1. The Kier molecular flexibility index (Phi) is 4.10. The Hall–Kier alpha value is -1.55. The van der Waals surface area contributed by atoms with Gasteiger partial charge < -0.3 is 10.6 Å². The topological polar surface area (TPSA) is 56.4 Å². The molecule has 0 spiro atoms. The third kappa shape index (κ3) is 3.07. The summed E-state index contributed by atoms with van der Waals surface area (Å²) in [7, 11) is 0. The maximum absolute atomic E-state index is 7.74. The molecule has 1 saturated heterocycles. The number of rotatable bonds is 3. The number of hydrogen-bond donors (Lipinski definition) is 2. The highest BCUT2D eigenvalue weighted by Gasteiger charge is 2.21. The highest BCUT2D eigenvalue weighted by atomic mass is 15.3. The maximum Gasteiger partial charge on any atom is 0.124 e. The Balaban J connectivity index is 2.17. The number of piperazine rings is 1. The predicted molar refractivity (Wildman–Crippen MR) is 81.1 cm³/mol. The van der Waals surface area contributed by atoms with Crippen LogP contribution in [0.15, 0.2) is 18.2 Å². The van der Waals surface area contributed by atoms with Crippen molar-refractivity contribution < 1.29 is 0 Å².